The van der Waals surface area contributed by atoms with E-state index in [-0.39, 0.29) is 0 Å². The quantitative estimate of drug-likeness (QED) is 0.648. The lowest BCUT2D eigenvalue weighted by Crippen LogP contribution is -2.30. The number of ether oxygens (including phenoxy) is 1. The van der Waals surface area contributed by atoms with Gasteiger partial charge in [-0.1, -0.05) is 36.4 Å². The number of piperidine rings is 1. The Bertz CT molecular complexity index is 589. The van der Waals surface area contributed by atoms with E-state index < -0.39 is 0 Å². The van der Waals surface area contributed by atoms with Crippen LogP contribution >= 0.6 is 0 Å². The van der Waals surface area contributed by atoms with Gasteiger partial charge in [-0.3, -0.25) is 0 Å². The van der Waals surface area contributed by atoms with Crippen LogP contribution in [0.5, 0.6) is 0 Å². The second-order valence-corrected chi connectivity index (χ2v) is 6.50. The van der Waals surface area contributed by atoms with Crippen LogP contribution in [0.3, 0.4) is 0 Å². The van der Waals surface area contributed by atoms with Crippen molar-refractivity contribution < 1.29 is 4.74 Å². The van der Waals surface area contributed by atoms with Crippen molar-refractivity contribution in [3.63, 3.8) is 0 Å². The van der Waals surface area contributed by atoms with E-state index in [1.165, 1.54) is 68.1 Å². The highest BCUT2D eigenvalue weighted by Gasteiger charge is 2.08. The molecule has 0 saturated carbocycles. The van der Waals surface area contributed by atoms with E-state index in [2.05, 4.69) is 53.8 Å². The number of benzene rings is 2. The van der Waals surface area contributed by atoms with E-state index in [1.807, 2.05) is 0 Å². The number of nitrogens with zero attached hydrogens (tertiary/aromatic N) is 1. The van der Waals surface area contributed by atoms with Gasteiger partial charge in [-0.15, -0.1) is 0 Å². The third-order valence-electron chi connectivity index (χ3n) is 4.64. The standard InChI is InChI=1S/C21H28NO/c1-5-13-22(14-6-1)15-7-2-8-16-23-18-19-11-12-20-9-3-4-10-21(20)17-19/h1,3-4,9-12,17H,2,5-8,13-16,18H2. The van der Waals surface area contributed by atoms with Crippen LogP contribution in [0.4, 0.5) is 0 Å². The molecule has 0 aromatic heterocycles. The summed E-state index contributed by atoms with van der Waals surface area (Å²) in [6, 6.07) is 15.1. The first-order chi connectivity index (χ1) is 11.4. The average Bonchev–Trinajstić information content (AvgIpc) is 2.61. The van der Waals surface area contributed by atoms with E-state index in [9.17, 15) is 0 Å². The second kappa shape index (κ2) is 9.05. The first kappa shape index (κ1) is 16.5. The molecular weight excluding hydrogens is 282 g/mol. The Kier molecular flexibility index (Phi) is 6.48. The third kappa shape index (κ3) is 5.33. The van der Waals surface area contributed by atoms with E-state index in [0.29, 0.717) is 0 Å². The molecule has 2 nitrogen and oxygen atoms in total. The largest absolute Gasteiger partial charge is 0.377 e. The molecule has 2 aromatic carbocycles. The zero-order valence-electron chi connectivity index (χ0n) is 14.0. The fourth-order valence-electron chi connectivity index (χ4n) is 3.26. The molecule has 2 heteroatoms. The Labute approximate surface area is 140 Å². The lowest BCUT2D eigenvalue weighted by Gasteiger charge is -2.26. The molecule has 0 amide bonds. The minimum atomic E-state index is 0.729. The highest BCUT2D eigenvalue weighted by atomic mass is 16.5. The first-order valence-electron chi connectivity index (χ1n) is 9.01. The molecule has 1 fully saturated rings. The number of hydrogen-bond acceptors (Lipinski definition) is 2. The van der Waals surface area contributed by atoms with Crippen molar-refractivity contribution in [3.8, 4) is 0 Å². The van der Waals surface area contributed by atoms with Crippen molar-refractivity contribution >= 4 is 10.8 Å². The Morgan fingerprint density at radius 1 is 0.870 bits per heavy atom. The number of fused-ring (bicyclic) bond motifs is 1. The zero-order valence-corrected chi connectivity index (χ0v) is 14.0. The summed E-state index contributed by atoms with van der Waals surface area (Å²) in [4.78, 5) is 2.59. The molecule has 1 saturated heterocycles. The predicted molar refractivity (Wildman–Crippen MR) is 97.4 cm³/mol. The van der Waals surface area contributed by atoms with Gasteiger partial charge < -0.3 is 9.64 Å². The van der Waals surface area contributed by atoms with E-state index >= 15 is 0 Å². The van der Waals surface area contributed by atoms with Crippen LogP contribution in [0.2, 0.25) is 0 Å². The van der Waals surface area contributed by atoms with Gasteiger partial charge in [-0.25, -0.2) is 0 Å². The highest BCUT2D eigenvalue weighted by molar-refractivity contribution is 5.82. The van der Waals surface area contributed by atoms with E-state index in [1.54, 1.807) is 0 Å². The first-order valence-corrected chi connectivity index (χ1v) is 9.01. The minimum Gasteiger partial charge on any atom is -0.377 e. The van der Waals surface area contributed by atoms with Crippen molar-refractivity contribution in [3.05, 3.63) is 54.4 Å². The Balaban J connectivity index is 1.28. The summed E-state index contributed by atoms with van der Waals surface area (Å²) in [6.45, 7) is 5.39. The van der Waals surface area contributed by atoms with Crippen LogP contribution in [0.1, 0.15) is 37.7 Å². The normalized spacial score (nSPS) is 16.0. The number of rotatable bonds is 8. The molecule has 1 heterocycles. The smallest absolute Gasteiger partial charge is 0.0717 e. The summed E-state index contributed by atoms with van der Waals surface area (Å²) < 4.78 is 5.84. The van der Waals surface area contributed by atoms with Gasteiger partial charge in [0.2, 0.25) is 0 Å². The lowest BCUT2D eigenvalue weighted by atomic mass is 10.1. The topological polar surface area (TPSA) is 12.5 Å². The fraction of sp³-hybridized carbons (Fsp3) is 0.476. The van der Waals surface area contributed by atoms with Gasteiger partial charge >= 0.3 is 0 Å². The van der Waals surface area contributed by atoms with Crippen LogP contribution in [0.15, 0.2) is 42.5 Å². The van der Waals surface area contributed by atoms with Crippen molar-refractivity contribution in [2.45, 2.75) is 38.7 Å². The third-order valence-corrected chi connectivity index (χ3v) is 4.64. The molecule has 1 aliphatic heterocycles. The second-order valence-electron chi connectivity index (χ2n) is 6.50. The minimum absolute atomic E-state index is 0.729. The summed E-state index contributed by atoms with van der Waals surface area (Å²) >= 11 is 0. The molecular formula is C21H28NO. The van der Waals surface area contributed by atoms with Gasteiger partial charge in [-0.2, -0.15) is 0 Å². The van der Waals surface area contributed by atoms with E-state index in [0.717, 1.165) is 13.2 Å². The van der Waals surface area contributed by atoms with Crippen LogP contribution in [-0.2, 0) is 11.3 Å². The van der Waals surface area contributed by atoms with Gasteiger partial charge in [0, 0.05) is 6.61 Å². The maximum atomic E-state index is 5.84. The molecule has 3 rings (SSSR count). The lowest BCUT2D eigenvalue weighted by molar-refractivity contribution is 0.116. The molecule has 0 unspecified atom stereocenters. The van der Waals surface area contributed by atoms with Gasteiger partial charge in [-0.05, 0) is 80.6 Å². The SMILES string of the molecule is [CH]1CCN(CCCCCOCc2ccc3ccccc3c2)CC1. The Hall–Kier alpha value is -1.38. The molecule has 0 spiro atoms. The molecule has 23 heavy (non-hydrogen) atoms. The molecule has 1 radical (unpaired) electrons. The summed E-state index contributed by atoms with van der Waals surface area (Å²) in [6.07, 6.45) is 8.71. The van der Waals surface area contributed by atoms with Crippen LogP contribution in [0, 0.1) is 6.42 Å². The van der Waals surface area contributed by atoms with Gasteiger partial charge in [0.15, 0.2) is 0 Å². The average molecular weight is 310 g/mol. The highest BCUT2D eigenvalue weighted by Crippen LogP contribution is 2.16. The maximum absolute atomic E-state index is 5.84. The molecule has 1 aliphatic rings. The van der Waals surface area contributed by atoms with Crippen LogP contribution in [-0.4, -0.2) is 31.1 Å². The summed E-state index contributed by atoms with van der Waals surface area (Å²) in [5, 5.41) is 2.60. The van der Waals surface area contributed by atoms with E-state index in [4.69, 9.17) is 4.74 Å². The Morgan fingerprint density at radius 3 is 2.57 bits per heavy atom. The van der Waals surface area contributed by atoms with Crippen molar-refractivity contribution in [2.75, 3.05) is 26.2 Å². The van der Waals surface area contributed by atoms with Crippen molar-refractivity contribution in [1.82, 2.24) is 4.90 Å². The summed E-state index contributed by atoms with van der Waals surface area (Å²) in [7, 11) is 0. The molecule has 0 atom stereocenters. The number of likely N-dealkylation sites (tertiary alicyclic amines) is 1. The van der Waals surface area contributed by atoms with Gasteiger partial charge in [0.1, 0.15) is 0 Å². The molecule has 0 aliphatic carbocycles. The number of hydrogen-bond donors (Lipinski definition) is 0. The molecule has 2 aromatic rings. The zero-order chi connectivity index (χ0) is 15.7. The van der Waals surface area contributed by atoms with Crippen LogP contribution < -0.4 is 0 Å². The van der Waals surface area contributed by atoms with Gasteiger partial charge in [0.25, 0.3) is 0 Å². The monoisotopic (exact) mass is 310 g/mol. The van der Waals surface area contributed by atoms with Crippen LogP contribution in [0.25, 0.3) is 10.8 Å². The van der Waals surface area contributed by atoms with Gasteiger partial charge in [0.05, 0.1) is 6.61 Å². The molecule has 0 bridgehead atoms. The fourth-order valence-corrected chi connectivity index (χ4v) is 3.26. The van der Waals surface area contributed by atoms with Crippen molar-refractivity contribution in [2.24, 2.45) is 0 Å². The summed E-state index contributed by atoms with van der Waals surface area (Å²) in [5.41, 5.74) is 1.27. The molecule has 0 N–H and O–H groups in total. The predicted octanol–water partition coefficient (Wildman–Crippen LogP) is 4.83. The van der Waals surface area contributed by atoms with Crippen molar-refractivity contribution in [1.29, 1.82) is 0 Å². The molecule has 123 valence electrons. The maximum Gasteiger partial charge on any atom is 0.0717 e. The summed E-state index contributed by atoms with van der Waals surface area (Å²) in [5.74, 6) is 0. The Morgan fingerprint density at radius 2 is 1.70 bits per heavy atom. The number of unbranched alkanes of at least 4 members (excludes halogenated alkanes) is 2.